The van der Waals surface area contributed by atoms with E-state index in [1.165, 1.54) is 6.20 Å². The van der Waals surface area contributed by atoms with Gasteiger partial charge in [-0.3, -0.25) is 9.78 Å². The summed E-state index contributed by atoms with van der Waals surface area (Å²) in [6.07, 6.45) is 1.45. The van der Waals surface area contributed by atoms with Crippen LogP contribution in [0, 0.1) is 0 Å². The van der Waals surface area contributed by atoms with Crippen molar-refractivity contribution in [1.82, 2.24) is 14.9 Å². The van der Waals surface area contributed by atoms with Gasteiger partial charge >= 0.3 is 5.69 Å². The van der Waals surface area contributed by atoms with Gasteiger partial charge in [0.25, 0.3) is 5.56 Å². The van der Waals surface area contributed by atoms with Gasteiger partial charge in [-0.2, -0.15) is 0 Å². The molecule has 1 aromatic rings. The summed E-state index contributed by atoms with van der Waals surface area (Å²) in [5.74, 6) is 0. The lowest BCUT2D eigenvalue weighted by Crippen LogP contribution is -2.29. The van der Waals surface area contributed by atoms with Crippen LogP contribution in [0.1, 0.15) is 18.5 Å². The molecule has 72 valence electrons. The second-order valence-electron chi connectivity index (χ2n) is 3.17. The fourth-order valence-electron chi connectivity index (χ4n) is 1.01. The first-order valence-corrected chi connectivity index (χ1v) is 4.00. The Balaban J connectivity index is 3.17. The van der Waals surface area contributed by atoms with Crippen molar-refractivity contribution in [3.8, 4) is 0 Å². The Morgan fingerprint density at radius 2 is 2.00 bits per heavy atom. The van der Waals surface area contributed by atoms with E-state index in [9.17, 15) is 9.59 Å². The van der Waals surface area contributed by atoms with Crippen molar-refractivity contribution in [3.63, 3.8) is 0 Å². The second kappa shape index (κ2) is 3.57. The van der Waals surface area contributed by atoms with E-state index in [2.05, 4.69) is 9.97 Å². The van der Waals surface area contributed by atoms with Crippen LogP contribution >= 0.6 is 0 Å². The van der Waals surface area contributed by atoms with E-state index in [0.717, 1.165) is 0 Å². The third kappa shape index (κ3) is 2.06. The molecule has 5 nitrogen and oxygen atoms in total. The average molecular weight is 183 g/mol. The number of H-pyrrole nitrogens is 2. The molecule has 5 heteroatoms. The molecule has 1 unspecified atom stereocenters. The van der Waals surface area contributed by atoms with Crippen molar-refractivity contribution in [1.29, 1.82) is 0 Å². The van der Waals surface area contributed by atoms with E-state index < -0.39 is 5.69 Å². The molecule has 0 radical (unpaired) electrons. The standard InChI is InChI=1S/C8H13N3O2/c1-5(11(2)3)6-4-9-8(13)10-7(6)12/h4-5H,1-3H3,(H2,9,10,12,13). The molecule has 0 aromatic carbocycles. The number of hydrogen-bond donors (Lipinski definition) is 2. The third-order valence-electron chi connectivity index (χ3n) is 2.07. The van der Waals surface area contributed by atoms with Gasteiger partial charge in [0, 0.05) is 12.2 Å². The van der Waals surface area contributed by atoms with Gasteiger partial charge in [-0.05, 0) is 21.0 Å². The van der Waals surface area contributed by atoms with Crippen molar-refractivity contribution in [2.45, 2.75) is 13.0 Å². The molecule has 2 N–H and O–H groups in total. The van der Waals surface area contributed by atoms with Crippen molar-refractivity contribution >= 4 is 0 Å². The minimum Gasteiger partial charge on any atom is -0.314 e. The van der Waals surface area contributed by atoms with Crippen molar-refractivity contribution < 1.29 is 0 Å². The van der Waals surface area contributed by atoms with E-state index in [-0.39, 0.29) is 11.6 Å². The summed E-state index contributed by atoms with van der Waals surface area (Å²) in [7, 11) is 3.74. The molecule has 0 spiro atoms. The van der Waals surface area contributed by atoms with Crippen molar-refractivity contribution in [3.05, 3.63) is 32.6 Å². The summed E-state index contributed by atoms with van der Waals surface area (Å²) in [6, 6.07) is -0.0133. The van der Waals surface area contributed by atoms with Gasteiger partial charge in [0.1, 0.15) is 0 Å². The lowest BCUT2D eigenvalue weighted by atomic mass is 10.1. The third-order valence-corrected chi connectivity index (χ3v) is 2.07. The minimum atomic E-state index is -0.472. The van der Waals surface area contributed by atoms with Crippen molar-refractivity contribution in [2.75, 3.05) is 14.1 Å². The van der Waals surface area contributed by atoms with Crippen LogP contribution in [0.25, 0.3) is 0 Å². The van der Waals surface area contributed by atoms with Gasteiger partial charge in [0.05, 0.1) is 5.56 Å². The smallest absolute Gasteiger partial charge is 0.314 e. The fraction of sp³-hybridized carbons (Fsp3) is 0.500. The topological polar surface area (TPSA) is 69.0 Å². The summed E-state index contributed by atoms with van der Waals surface area (Å²) in [5, 5.41) is 0. The van der Waals surface area contributed by atoms with Crippen LogP contribution in [0.5, 0.6) is 0 Å². The number of nitrogens with zero attached hydrogens (tertiary/aromatic N) is 1. The average Bonchev–Trinajstić information content (AvgIpc) is 2.03. The number of aromatic amines is 2. The van der Waals surface area contributed by atoms with E-state index in [0.29, 0.717) is 5.56 Å². The molecule has 0 saturated heterocycles. The van der Waals surface area contributed by atoms with Gasteiger partial charge in [-0.15, -0.1) is 0 Å². The first kappa shape index (κ1) is 9.73. The molecule has 1 rings (SSSR count). The van der Waals surface area contributed by atoms with Gasteiger partial charge in [0.15, 0.2) is 0 Å². The fourth-order valence-corrected chi connectivity index (χ4v) is 1.01. The zero-order chi connectivity index (χ0) is 10.0. The van der Waals surface area contributed by atoms with Gasteiger partial charge < -0.3 is 9.88 Å². The largest absolute Gasteiger partial charge is 0.325 e. The molecule has 0 amide bonds. The zero-order valence-corrected chi connectivity index (χ0v) is 7.92. The predicted octanol–water partition coefficient (Wildman–Crippen LogP) is -0.314. The molecule has 0 fully saturated rings. The van der Waals surface area contributed by atoms with E-state index >= 15 is 0 Å². The van der Waals surface area contributed by atoms with Crippen LogP contribution in [0.2, 0.25) is 0 Å². The summed E-state index contributed by atoms with van der Waals surface area (Å²) < 4.78 is 0. The van der Waals surface area contributed by atoms with Crippen molar-refractivity contribution in [2.24, 2.45) is 0 Å². The Kier molecular flexibility index (Phi) is 2.67. The molecular weight excluding hydrogens is 170 g/mol. The first-order chi connectivity index (χ1) is 6.02. The van der Waals surface area contributed by atoms with E-state index in [4.69, 9.17) is 0 Å². The maximum absolute atomic E-state index is 11.3. The number of nitrogens with one attached hydrogen (secondary N) is 2. The van der Waals surface area contributed by atoms with Crippen LogP contribution in [-0.4, -0.2) is 29.0 Å². The molecular formula is C8H13N3O2. The summed E-state index contributed by atoms with van der Waals surface area (Å²) in [4.78, 5) is 28.5. The second-order valence-corrected chi connectivity index (χ2v) is 3.17. The SMILES string of the molecule is CC(c1c[nH]c(=O)[nH]c1=O)N(C)C. The molecule has 0 aliphatic heterocycles. The number of hydrogen-bond acceptors (Lipinski definition) is 3. The minimum absolute atomic E-state index is 0.0133. The molecule has 0 aliphatic carbocycles. The van der Waals surface area contributed by atoms with Gasteiger partial charge in [-0.1, -0.05) is 0 Å². The molecule has 1 aromatic heterocycles. The summed E-state index contributed by atoms with van der Waals surface area (Å²) >= 11 is 0. The molecule has 0 bridgehead atoms. The number of rotatable bonds is 2. The highest BCUT2D eigenvalue weighted by Crippen LogP contribution is 2.09. The maximum Gasteiger partial charge on any atom is 0.325 e. The monoisotopic (exact) mass is 183 g/mol. The lowest BCUT2D eigenvalue weighted by molar-refractivity contribution is 0.318. The summed E-state index contributed by atoms with van der Waals surface area (Å²) in [6.45, 7) is 1.89. The Morgan fingerprint density at radius 1 is 1.38 bits per heavy atom. The van der Waals surface area contributed by atoms with Crippen LogP contribution < -0.4 is 11.2 Å². The molecule has 13 heavy (non-hydrogen) atoms. The normalized spacial score (nSPS) is 13.2. The van der Waals surface area contributed by atoms with E-state index in [1.807, 2.05) is 25.9 Å². The van der Waals surface area contributed by atoms with Crippen LogP contribution in [0.15, 0.2) is 15.8 Å². The zero-order valence-electron chi connectivity index (χ0n) is 7.92. The predicted molar refractivity (Wildman–Crippen MR) is 49.8 cm³/mol. The Hall–Kier alpha value is -1.36. The van der Waals surface area contributed by atoms with Crippen LogP contribution in [0.4, 0.5) is 0 Å². The molecule has 1 atom stereocenters. The van der Waals surface area contributed by atoms with Crippen LogP contribution in [0.3, 0.4) is 0 Å². The lowest BCUT2D eigenvalue weighted by Gasteiger charge is -2.18. The molecule has 0 saturated carbocycles. The molecule has 0 aliphatic rings. The molecule has 1 heterocycles. The van der Waals surface area contributed by atoms with Gasteiger partial charge in [-0.25, -0.2) is 4.79 Å². The summed E-state index contributed by atoms with van der Waals surface area (Å²) in [5.41, 5.74) is -0.241. The highest BCUT2D eigenvalue weighted by atomic mass is 16.2. The van der Waals surface area contributed by atoms with E-state index in [1.54, 1.807) is 0 Å². The number of aromatic nitrogens is 2. The maximum atomic E-state index is 11.3. The van der Waals surface area contributed by atoms with Crippen LogP contribution in [-0.2, 0) is 0 Å². The highest BCUT2D eigenvalue weighted by molar-refractivity contribution is 5.08. The van der Waals surface area contributed by atoms with Gasteiger partial charge in [0.2, 0.25) is 0 Å². The Labute approximate surface area is 75.4 Å². The Morgan fingerprint density at radius 3 is 2.46 bits per heavy atom. The highest BCUT2D eigenvalue weighted by Gasteiger charge is 2.11. The quantitative estimate of drug-likeness (QED) is 0.660. The Bertz CT molecular complexity index is 391. The first-order valence-electron chi connectivity index (χ1n) is 4.00.